The SMILES string of the molecule is Cc1ccc(-c2c(C(OC(C)(C)C)C(=O)O)cc(N(C)C(=O)C(F)(F)F)c(-c3ccc(C)c(C)c3)c2C)cc1C. The Kier molecular flexibility index (Phi) is 8.56. The maximum Gasteiger partial charge on any atom is 0.471 e. The van der Waals surface area contributed by atoms with Gasteiger partial charge in [0.2, 0.25) is 0 Å². The van der Waals surface area contributed by atoms with E-state index in [1.165, 1.54) is 6.07 Å². The number of aryl methyl sites for hydroxylation is 4. The molecule has 1 atom stereocenters. The Hall–Kier alpha value is -3.65. The van der Waals surface area contributed by atoms with Gasteiger partial charge in [-0.15, -0.1) is 0 Å². The third-order valence-electron chi connectivity index (χ3n) is 7.06. The zero-order chi connectivity index (χ0) is 30.3. The van der Waals surface area contributed by atoms with Gasteiger partial charge in [0.15, 0.2) is 6.10 Å². The van der Waals surface area contributed by atoms with Crippen LogP contribution in [0.1, 0.15) is 60.3 Å². The molecule has 0 spiro atoms. The second-order valence-corrected chi connectivity index (χ2v) is 11.3. The van der Waals surface area contributed by atoms with Gasteiger partial charge in [0, 0.05) is 18.2 Å². The molecular weight excluding hydrogens is 519 g/mol. The van der Waals surface area contributed by atoms with Gasteiger partial charge in [-0.05, 0) is 106 Å². The number of carboxylic acid groups (broad SMARTS) is 1. The number of benzene rings is 3. The Morgan fingerprint density at radius 3 is 1.68 bits per heavy atom. The molecule has 0 aromatic heterocycles. The third kappa shape index (κ3) is 6.39. The van der Waals surface area contributed by atoms with Crippen LogP contribution in [-0.2, 0) is 14.3 Å². The molecule has 1 unspecified atom stereocenters. The van der Waals surface area contributed by atoms with Crippen molar-refractivity contribution in [1.29, 1.82) is 0 Å². The molecule has 3 aromatic carbocycles. The second kappa shape index (κ2) is 11.1. The molecule has 3 rings (SSSR count). The molecule has 0 radical (unpaired) electrons. The highest BCUT2D eigenvalue weighted by Crippen LogP contribution is 2.46. The molecule has 0 fully saturated rings. The van der Waals surface area contributed by atoms with E-state index in [1.54, 1.807) is 33.8 Å². The van der Waals surface area contributed by atoms with Crippen LogP contribution in [0, 0.1) is 34.6 Å². The van der Waals surface area contributed by atoms with Crippen LogP contribution in [0.15, 0.2) is 42.5 Å². The maximum atomic E-state index is 13.7. The minimum atomic E-state index is -5.13. The number of hydrogen-bond donors (Lipinski definition) is 1. The number of rotatable bonds is 6. The lowest BCUT2D eigenvalue weighted by atomic mass is 9.84. The van der Waals surface area contributed by atoms with Gasteiger partial charge in [-0.3, -0.25) is 4.79 Å². The van der Waals surface area contributed by atoms with Crippen molar-refractivity contribution in [2.45, 2.75) is 73.3 Å². The van der Waals surface area contributed by atoms with Crippen LogP contribution in [0.5, 0.6) is 0 Å². The van der Waals surface area contributed by atoms with Crippen molar-refractivity contribution < 1.29 is 32.6 Å². The number of carbonyl (C=O) groups is 2. The molecule has 0 aliphatic rings. The van der Waals surface area contributed by atoms with Crippen molar-refractivity contribution in [2.24, 2.45) is 0 Å². The van der Waals surface area contributed by atoms with E-state index in [9.17, 15) is 27.9 Å². The molecule has 0 saturated carbocycles. The standard InChI is InChI=1S/C32H36F3NO4/c1-17-10-12-22(14-19(17)3)26-21(5)27(23-13-11-18(2)20(4)15-23)25(36(9)30(39)32(33,34)35)16-24(26)28(29(37)38)40-31(6,7)8/h10-16,28H,1-9H3,(H,37,38). The minimum absolute atomic E-state index is 0.0607. The van der Waals surface area contributed by atoms with Crippen LogP contribution in [0.25, 0.3) is 22.3 Å². The highest BCUT2D eigenvalue weighted by atomic mass is 19.4. The molecule has 214 valence electrons. The predicted molar refractivity (Wildman–Crippen MR) is 152 cm³/mol. The molecule has 40 heavy (non-hydrogen) atoms. The fourth-order valence-electron chi connectivity index (χ4n) is 4.74. The summed E-state index contributed by atoms with van der Waals surface area (Å²) in [5, 5.41) is 10.3. The van der Waals surface area contributed by atoms with E-state index in [0.29, 0.717) is 32.7 Å². The van der Waals surface area contributed by atoms with E-state index in [1.807, 2.05) is 58.0 Å². The Balaban J connectivity index is 2.55. The summed E-state index contributed by atoms with van der Waals surface area (Å²) in [6.07, 6.45) is -6.65. The van der Waals surface area contributed by atoms with E-state index in [0.717, 1.165) is 29.3 Å². The normalized spacial score (nSPS) is 12.8. The van der Waals surface area contributed by atoms with E-state index < -0.39 is 29.8 Å². The lowest BCUT2D eigenvalue weighted by molar-refractivity contribution is -0.170. The van der Waals surface area contributed by atoms with Crippen molar-refractivity contribution in [1.82, 2.24) is 0 Å². The summed E-state index contributed by atoms with van der Waals surface area (Å²) in [6.45, 7) is 14.6. The molecule has 0 aliphatic heterocycles. The van der Waals surface area contributed by atoms with Gasteiger partial charge in [-0.2, -0.15) is 13.2 Å². The number of aliphatic carboxylic acids is 1. The lowest BCUT2D eigenvalue weighted by Crippen LogP contribution is -2.39. The number of carbonyl (C=O) groups excluding carboxylic acids is 1. The van der Waals surface area contributed by atoms with Gasteiger partial charge in [-0.1, -0.05) is 36.4 Å². The van der Waals surface area contributed by atoms with Crippen LogP contribution in [0.4, 0.5) is 18.9 Å². The van der Waals surface area contributed by atoms with Crippen LogP contribution in [-0.4, -0.2) is 35.8 Å². The molecule has 0 heterocycles. The number of amides is 1. The zero-order valence-electron chi connectivity index (χ0n) is 24.4. The fourth-order valence-corrected chi connectivity index (χ4v) is 4.74. The number of ether oxygens (including phenoxy) is 1. The molecular formula is C32H36F3NO4. The van der Waals surface area contributed by atoms with Gasteiger partial charge in [-0.25, -0.2) is 4.79 Å². The molecule has 8 heteroatoms. The minimum Gasteiger partial charge on any atom is -0.479 e. The molecule has 1 N–H and O–H groups in total. The summed E-state index contributed by atoms with van der Waals surface area (Å²) in [5.74, 6) is -3.36. The average molecular weight is 556 g/mol. The molecule has 0 aliphatic carbocycles. The van der Waals surface area contributed by atoms with Crippen molar-refractivity contribution in [3.63, 3.8) is 0 Å². The largest absolute Gasteiger partial charge is 0.479 e. The summed E-state index contributed by atoms with van der Waals surface area (Å²) < 4.78 is 47.0. The van der Waals surface area contributed by atoms with Crippen molar-refractivity contribution in [2.75, 3.05) is 11.9 Å². The van der Waals surface area contributed by atoms with Crippen molar-refractivity contribution >= 4 is 17.6 Å². The summed E-state index contributed by atoms with van der Waals surface area (Å²) in [7, 11) is 1.05. The highest BCUT2D eigenvalue weighted by Gasteiger charge is 2.43. The van der Waals surface area contributed by atoms with Gasteiger partial charge in [0.1, 0.15) is 0 Å². The molecule has 0 bridgehead atoms. The van der Waals surface area contributed by atoms with Gasteiger partial charge in [0.25, 0.3) is 0 Å². The Morgan fingerprint density at radius 2 is 1.27 bits per heavy atom. The molecule has 3 aromatic rings. The van der Waals surface area contributed by atoms with Crippen LogP contribution < -0.4 is 4.90 Å². The average Bonchev–Trinajstić information content (AvgIpc) is 2.83. The van der Waals surface area contributed by atoms with E-state index in [4.69, 9.17) is 4.74 Å². The number of hydrogen-bond acceptors (Lipinski definition) is 3. The predicted octanol–water partition coefficient (Wildman–Crippen LogP) is 8.03. The molecule has 0 saturated heterocycles. The first kappa shape index (κ1) is 30.9. The van der Waals surface area contributed by atoms with Crippen molar-refractivity contribution in [3.05, 3.63) is 75.8 Å². The van der Waals surface area contributed by atoms with Gasteiger partial charge >= 0.3 is 18.1 Å². The first-order chi connectivity index (χ1) is 18.3. The summed E-state index contributed by atoms with van der Waals surface area (Å²) in [4.78, 5) is 25.7. The fraction of sp³-hybridized carbons (Fsp3) is 0.375. The third-order valence-corrected chi connectivity index (χ3v) is 7.06. The monoisotopic (exact) mass is 555 g/mol. The molecule has 1 amide bonds. The van der Waals surface area contributed by atoms with Gasteiger partial charge < -0.3 is 14.7 Å². The number of halogens is 3. The summed E-state index contributed by atoms with van der Waals surface area (Å²) in [6, 6.07) is 12.6. The smallest absolute Gasteiger partial charge is 0.471 e. The Morgan fingerprint density at radius 1 is 0.800 bits per heavy atom. The zero-order valence-corrected chi connectivity index (χ0v) is 24.4. The second-order valence-electron chi connectivity index (χ2n) is 11.3. The summed E-state index contributed by atoms with van der Waals surface area (Å²) in [5.41, 5.74) is 5.90. The maximum absolute atomic E-state index is 13.7. The first-order valence-electron chi connectivity index (χ1n) is 12.9. The molecule has 5 nitrogen and oxygen atoms in total. The quantitative estimate of drug-likeness (QED) is 0.334. The first-order valence-corrected chi connectivity index (χ1v) is 12.9. The van der Waals surface area contributed by atoms with Crippen LogP contribution >= 0.6 is 0 Å². The lowest BCUT2D eigenvalue weighted by Gasteiger charge is -2.31. The number of anilines is 1. The van der Waals surface area contributed by atoms with E-state index in [-0.39, 0.29) is 11.3 Å². The Bertz CT molecular complexity index is 1470. The van der Waals surface area contributed by atoms with E-state index in [2.05, 4.69) is 0 Å². The topological polar surface area (TPSA) is 66.8 Å². The van der Waals surface area contributed by atoms with Crippen molar-refractivity contribution in [3.8, 4) is 22.3 Å². The number of alkyl halides is 3. The Labute approximate surface area is 233 Å². The number of carboxylic acids is 1. The van der Waals surface area contributed by atoms with Crippen LogP contribution in [0.3, 0.4) is 0 Å². The number of nitrogens with zero attached hydrogens (tertiary/aromatic N) is 1. The summed E-state index contributed by atoms with van der Waals surface area (Å²) >= 11 is 0. The van der Waals surface area contributed by atoms with Gasteiger partial charge in [0.05, 0.1) is 11.3 Å². The highest BCUT2D eigenvalue weighted by molar-refractivity contribution is 6.03. The van der Waals surface area contributed by atoms with Crippen LogP contribution in [0.2, 0.25) is 0 Å². The van der Waals surface area contributed by atoms with E-state index >= 15 is 0 Å².